The van der Waals surface area contributed by atoms with E-state index in [1.807, 2.05) is 13.8 Å². The lowest BCUT2D eigenvalue weighted by atomic mass is 9.88. The van der Waals surface area contributed by atoms with Crippen molar-refractivity contribution in [3.05, 3.63) is 11.6 Å². The summed E-state index contributed by atoms with van der Waals surface area (Å²) < 4.78 is 11.1. The fourth-order valence-electron chi connectivity index (χ4n) is 2.99. The average Bonchev–Trinajstić information content (AvgIpc) is 3.47. The molecule has 0 bridgehead atoms. The second-order valence-corrected chi connectivity index (χ2v) is 7.05. The van der Waals surface area contributed by atoms with Crippen molar-refractivity contribution < 1.29 is 23.9 Å². The molecule has 1 aliphatic carbocycles. The van der Waals surface area contributed by atoms with Crippen LogP contribution in [0.25, 0.3) is 0 Å². The number of esters is 1. The summed E-state index contributed by atoms with van der Waals surface area (Å²) in [5, 5.41) is 2.84. The third kappa shape index (κ3) is 7.98. The molecule has 2 aliphatic rings. The number of carbonyl (C=O) groups is 3. The molecule has 0 aromatic carbocycles. The summed E-state index contributed by atoms with van der Waals surface area (Å²) >= 11 is 0. The van der Waals surface area contributed by atoms with Crippen molar-refractivity contribution in [3.8, 4) is 0 Å². The van der Waals surface area contributed by atoms with E-state index >= 15 is 0 Å². The molecule has 0 unspecified atom stereocenters. The first-order valence-corrected chi connectivity index (χ1v) is 10.0. The molecule has 0 radical (unpaired) electrons. The molecule has 3 N–H and O–H groups in total. The van der Waals surface area contributed by atoms with Gasteiger partial charge in [0, 0.05) is 38.6 Å². The van der Waals surface area contributed by atoms with Crippen molar-refractivity contribution in [3.63, 3.8) is 0 Å². The van der Waals surface area contributed by atoms with Crippen LogP contribution in [0.1, 0.15) is 53.9 Å². The molecule has 160 valence electrons. The number of ether oxygens (including phenoxy) is 2. The van der Waals surface area contributed by atoms with Gasteiger partial charge in [-0.1, -0.05) is 13.8 Å². The minimum absolute atomic E-state index is 0.0613. The fraction of sp³-hybridized carbons (Fsp3) is 0.750. The molecule has 1 heterocycles. The van der Waals surface area contributed by atoms with E-state index in [1.54, 1.807) is 24.8 Å². The molecule has 0 saturated carbocycles. The van der Waals surface area contributed by atoms with Crippen LogP contribution in [0, 0.1) is 0 Å². The molecule has 1 aliphatic heterocycles. The van der Waals surface area contributed by atoms with E-state index in [-0.39, 0.29) is 36.0 Å². The second kappa shape index (κ2) is 11.8. The van der Waals surface area contributed by atoms with E-state index in [0.717, 1.165) is 25.9 Å². The molecule has 8 nitrogen and oxygen atoms in total. The van der Waals surface area contributed by atoms with Crippen molar-refractivity contribution in [1.82, 2.24) is 10.2 Å². The highest BCUT2D eigenvalue weighted by Crippen LogP contribution is 2.24. The zero-order valence-corrected chi connectivity index (χ0v) is 17.7. The number of hydrogen-bond donors (Lipinski definition) is 2. The third-order valence-corrected chi connectivity index (χ3v) is 4.70. The molecular formula is C20H35N3O5. The fourth-order valence-corrected chi connectivity index (χ4v) is 2.99. The first kappa shape index (κ1) is 24.1. The smallest absolute Gasteiger partial charge is 0.333 e. The number of amides is 2. The van der Waals surface area contributed by atoms with Crippen molar-refractivity contribution in [1.29, 1.82) is 0 Å². The molecule has 28 heavy (non-hydrogen) atoms. The Balaban J connectivity index is 0.000000552. The maximum absolute atomic E-state index is 12.0. The van der Waals surface area contributed by atoms with Gasteiger partial charge in [0.15, 0.2) is 0 Å². The van der Waals surface area contributed by atoms with Gasteiger partial charge in [-0.05, 0) is 32.3 Å². The molecule has 8 heteroatoms. The predicted molar refractivity (Wildman–Crippen MR) is 106 cm³/mol. The third-order valence-electron chi connectivity index (χ3n) is 4.70. The van der Waals surface area contributed by atoms with E-state index in [1.165, 1.54) is 6.92 Å². The van der Waals surface area contributed by atoms with Gasteiger partial charge in [0.05, 0.1) is 24.9 Å². The molecule has 3 atom stereocenters. The lowest BCUT2D eigenvalue weighted by Gasteiger charge is -2.36. The van der Waals surface area contributed by atoms with Crippen LogP contribution in [0.3, 0.4) is 0 Å². The van der Waals surface area contributed by atoms with Gasteiger partial charge >= 0.3 is 5.97 Å². The highest BCUT2D eigenvalue weighted by Gasteiger charge is 2.35. The predicted octanol–water partition coefficient (Wildman–Crippen LogP) is 1.13. The second-order valence-electron chi connectivity index (χ2n) is 7.05. The standard InChI is InChI=1S/C16H28N2O4.C4H7NO/c1-5-12(6-2)22-14-9-11(16(20)21-7-3)8-13(17)15(14)18-10(4)19;1-4(6)5-2-3-5/h9,12-15H,5-8,17H2,1-4H3,(H,18,19);2-3H2,1H3/t13-,14+,15+;/m0./s1. The zero-order chi connectivity index (χ0) is 21.3. The molecule has 2 amide bonds. The Hall–Kier alpha value is -1.93. The first-order valence-electron chi connectivity index (χ1n) is 10.0. The summed E-state index contributed by atoms with van der Waals surface area (Å²) in [6.07, 6.45) is 3.48. The monoisotopic (exact) mass is 397 g/mol. The van der Waals surface area contributed by atoms with E-state index in [4.69, 9.17) is 15.2 Å². The Kier molecular flexibility index (Phi) is 10.2. The highest BCUT2D eigenvalue weighted by molar-refractivity contribution is 5.89. The summed E-state index contributed by atoms with van der Waals surface area (Å²) in [5.41, 5.74) is 6.68. The number of carbonyl (C=O) groups excluding carboxylic acids is 3. The number of nitrogens with zero attached hydrogens (tertiary/aromatic N) is 1. The average molecular weight is 398 g/mol. The lowest BCUT2D eigenvalue weighted by Crippen LogP contribution is -2.57. The van der Waals surface area contributed by atoms with E-state index in [2.05, 4.69) is 5.32 Å². The number of hydrogen-bond acceptors (Lipinski definition) is 6. The minimum atomic E-state index is -0.419. The van der Waals surface area contributed by atoms with Gasteiger partial charge in [-0.2, -0.15) is 0 Å². The van der Waals surface area contributed by atoms with Crippen molar-refractivity contribution >= 4 is 17.8 Å². The highest BCUT2D eigenvalue weighted by atomic mass is 16.5. The Morgan fingerprint density at radius 1 is 1.21 bits per heavy atom. The van der Waals surface area contributed by atoms with Crippen molar-refractivity contribution in [2.75, 3.05) is 19.7 Å². The van der Waals surface area contributed by atoms with Crippen molar-refractivity contribution in [2.45, 2.75) is 78.2 Å². The Bertz CT molecular complexity index is 570. The Morgan fingerprint density at radius 2 is 1.82 bits per heavy atom. The molecular weight excluding hydrogens is 362 g/mol. The largest absolute Gasteiger partial charge is 0.463 e. The minimum Gasteiger partial charge on any atom is -0.463 e. The van der Waals surface area contributed by atoms with Gasteiger partial charge in [0.2, 0.25) is 11.8 Å². The Morgan fingerprint density at radius 3 is 2.21 bits per heavy atom. The van der Waals surface area contributed by atoms with Crippen LogP contribution in [-0.4, -0.2) is 66.7 Å². The molecule has 0 spiro atoms. The van der Waals surface area contributed by atoms with E-state index in [0.29, 0.717) is 18.6 Å². The Labute approximate surface area is 167 Å². The van der Waals surface area contributed by atoms with Crippen LogP contribution in [0.4, 0.5) is 0 Å². The van der Waals surface area contributed by atoms with Gasteiger partial charge in [0.1, 0.15) is 0 Å². The summed E-state index contributed by atoms with van der Waals surface area (Å²) in [6, 6.07) is -0.719. The maximum atomic E-state index is 12.0. The van der Waals surface area contributed by atoms with E-state index < -0.39 is 6.10 Å². The zero-order valence-electron chi connectivity index (χ0n) is 17.7. The summed E-state index contributed by atoms with van der Waals surface area (Å²) in [4.78, 5) is 35.3. The van der Waals surface area contributed by atoms with Gasteiger partial charge in [-0.15, -0.1) is 0 Å². The lowest BCUT2D eigenvalue weighted by molar-refractivity contribution is -0.139. The molecule has 2 rings (SSSR count). The summed E-state index contributed by atoms with van der Waals surface area (Å²) in [5.74, 6) is -0.320. The molecule has 1 fully saturated rings. The quantitative estimate of drug-likeness (QED) is 0.492. The topological polar surface area (TPSA) is 111 Å². The van der Waals surface area contributed by atoms with Crippen LogP contribution >= 0.6 is 0 Å². The van der Waals surface area contributed by atoms with Gasteiger partial charge in [-0.25, -0.2) is 4.79 Å². The van der Waals surface area contributed by atoms with Gasteiger partial charge in [-0.3, -0.25) is 9.59 Å². The van der Waals surface area contributed by atoms with Crippen molar-refractivity contribution in [2.24, 2.45) is 5.73 Å². The molecule has 0 aromatic heterocycles. The number of rotatable bonds is 7. The summed E-state index contributed by atoms with van der Waals surface area (Å²) in [6.45, 7) is 11.2. The molecule has 1 saturated heterocycles. The summed E-state index contributed by atoms with van der Waals surface area (Å²) in [7, 11) is 0. The van der Waals surface area contributed by atoms with Gasteiger partial charge in [0.25, 0.3) is 0 Å². The maximum Gasteiger partial charge on any atom is 0.333 e. The SMILES string of the molecule is CC(=O)N1CC1.CCOC(=O)C1=C[C@@H](OC(CC)CC)[C@H](NC(C)=O)[C@@H](N)C1. The first-order chi connectivity index (χ1) is 13.2. The molecule has 0 aromatic rings. The number of nitrogens with one attached hydrogen (secondary N) is 1. The van der Waals surface area contributed by atoms with Crippen LogP contribution in [0.2, 0.25) is 0 Å². The van der Waals surface area contributed by atoms with Crippen LogP contribution in [0.15, 0.2) is 11.6 Å². The van der Waals surface area contributed by atoms with E-state index in [9.17, 15) is 14.4 Å². The van der Waals surface area contributed by atoms with Gasteiger partial charge < -0.3 is 25.4 Å². The normalized spacial score (nSPS) is 23.3. The van der Waals surface area contributed by atoms with Crippen LogP contribution in [0.5, 0.6) is 0 Å². The van der Waals surface area contributed by atoms with Crippen LogP contribution in [-0.2, 0) is 23.9 Å². The van der Waals surface area contributed by atoms with Crippen LogP contribution < -0.4 is 11.1 Å². The number of nitrogens with two attached hydrogens (primary N) is 1.